The minimum Gasteiger partial charge on any atom is -0.496 e. The molecule has 8 rings (SSSR count). The van der Waals surface area contributed by atoms with E-state index >= 15 is 0 Å². The van der Waals surface area contributed by atoms with Gasteiger partial charge >= 0.3 is 5.97 Å². The molecule has 5 aromatic rings. The third-order valence-corrected chi connectivity index (χ3v) is 15.6. The summed E-state index contributed by atoms with van der Waals surface area (Å²) in [6.45, 7) is 9.95. The first-order valence-corrected chi connectivity index (χ1v) is 24.9. The Labute approximate surface area is 411 Å². The lowest BCUT2D eigenvalue weighted by Crippen LogP contribution is -2.24. The number of nitrogens with one attached hydrogen (secondary N) is 2. The molecular formula is C56H60Cl4N2O4. The van der Waals surface area contributed by atoms with Gasteiger partial charge in [-0.2, -0.15) is 0 Å². The molecule has 5 aromatic carbocycles. The number of cyclic esters (lactones) is 1. The first-order chi connectivity index (χ1) is 31.8. The smallest absolute Gasteiger partial charge is 0.341 e. The summed E-state index contributed by atoms with van der Waals surface area (Å²) in [6, 6.07) is 25.2. The first kappa shape index (κ1) is 47.9. The Bertz CT molecular complexity index is 2560. The molecule has 1 aliphatic heterocycles. The maximum Gasteiger partial charge on any atom is 0.341 e. The van der Waals surface area contributed by atoms with Gasteiger partial charge in [-0.05, 0) is 158 Å². The summed E-state index contributed by atoms with van der Waals surface area (Å²) in [6.07, 6.45) is 16.4. The van der Waals surface area contributed by atoms with Crippen molar-refractivity contribution in [2.24, 2.45) is 11.8 Å². The number of hydrogen-bond acceptors (Lipinski definition) is 6. The van der Waals surface area contributed by atoms with Crippen molar-refractivity contribution in [1.29, 1.82) is 0 Å². The van der Waals surface area contributed by atoms with Crippen LogP contribution in [0.25, 0.3) is 11.1 Å². The van der Waals surface area contributed by atoms with Gasteiger partial charge in [0, 0.05) is 41.2 Å². The summed E-state index contributed by atoms with van der Waals surface area (Å²) in [4.78, 5) is 14.7. The third kappa shape index (κ3) is 9.99. The van der Waals surface area contributed by atoms with E-state index in [1.165, 1.54) is 64.2 Å². The SMILES string of the molecule is COc1ccc(C(=CC2(C=C(c3ccc(OC)c(C)c3)c3ccc(C)cc3NCC3CCCCC3)OC(=O)c3c(Cl)c(Cl)c(Cl)c(Cl)c32)c2ccc(C)cc2NCC2CCCCC2)cc1C. The van der Waals surface area contributed by atoms with Crippen LogP contribution in [0.2, 0.25) is 20.1 Å². The van der Waals surface area contributed by atoms with Crippen molar-refractivity contribution in [1.82, 2.24) is 0 Å². The minimum atomic E-state index is -1.69. The highest BCUT2D eigenvalue weighted by molar-refractivity contribution is 6.53. The second kappa shape index (κ2) is 20.7. The number of esters is 1. The molecule has 10 heteroatoms. The number of aryl methyl sites for hydroxylation is 4. The molecule has 0 bridgehead atoms. The van der Waals surface area contributed by atoms with E-state index in [-0.39, 0.29) is 25.7 Å². The molecule has 2 saturated carbocycles. The Hall–Kier alpha value is -4.59. The van der Waals surface area contributed by atoms with Gasteiger partial charge in [-0.25, -0.2) is 4.79 Å². The Balaban J connectivity index is 1.45. The number of hydrogen-bond donors (Lipinski definition) is 2. The van der Waals surface area contributed by atoms with Crippen molar-refractivity contribution in [3.63, 3.8) is 0 Å². The molecule has 346 valence electrons. The van der Waals surface area contributed by atoms with Crippen LogP contribution in [0.5, 0.6) is 11.5 Å². The second-order valence-corrected chi connectivity index (χ2v) is 20.1. The molecule has 0 atom stereocenters. The topological polar surface area (TPSA) is 68.8 Å². The first-order valence-electron chi connectivity index (χ1n) is 23.4. The maximum atomic E-state index is 14.7. The molecule has 0 amide bonds. The third-order valence-electron chi connectivity index (χ3n) is 13.8. The monoisotopic (exact) mass is 964 g/mol. The molecule has 0 unspecified atom stereocenters. The van der Waals surface area contributed by atoms with E-state index in [9.17, 15) is 4.79 Å². The molecule has 1 heterocycles. The number of ether oxygens (including phenoxy) is 3. The van der Waals surface area contributed by atoms with Gasteiger partial charge in [-0.3, -0.25) is 0 Å². The van der Waals surface area contributed by atoms with Crippen molar-refractivity contribution in [3.05, 3.63) is 161 Å². The number of fused-ring (bicyclic) bond motifs is 1. The molecule has 0 aromatic heterocycles. The zero-order valence-corrected chi connectivity index (χ0v) is 41.9. The molecule has 0 radical (unpaired) electrons. The number of rotatable bonds is 14. The minimum absolute atomic E-state index is 0.0136. The Morgan fingerprint density at radius 1 is 0.606 bits per heavy atom. The fraction of sp³-hybridized carbons (Fsp3) is 0.375. The largest absolute Gasteiger partial charge is 0.496 e. The number of carbonyl (C=O) groups is 1. The molecule has 3 aliphatic rings. The van der Waals surface area contributed by atoms with E-state index in [4.69, 9.17) is 60.6 Å². The van der Waals surface area contributed by atoms with E-state index in [1.807, 2.05) is 50.3 Å². The van der Waals surface area contributed by atoms with Crippen molar-refractivity contribution in [2.75, 3.05) is 37.9 Å². The van der Waals surface area contributed by atoms with Gasteiger partial charge in [0.15, 0.2) is 5.60 Å². The highest BCUT2D eigenvalue weighted by atomic mass is 35.5. The highest BCUT2D eigenvalue weighted by Gasteiger charge is 2.48. The van der Waals surface area contributed by atoms with Crippen LogP contribution >= 0.6 is 46.4 Å². The van der Waals surface area contributed by atoms with Gasteiger partial charge in [0.1, 0.15) is 11.5 Å². The Morgan fingerprint density at radius 3 is 1.47 bits per heavy atom. The zero-order chi connectivity index (χ0) is 46.7. The summed E-state index contributed by atoms with van der Waals surface area (Å²) in [7, 11) is 3.35. The zero-order valence-electron chi connectivity index (χ0n) is 38.9. The van der Waals surface area contributed by atoms with Gasteiger partial charge in [0.2, 0.25) is 0 Å². The van der Waals surface area contributed by atoms with Crippen molar-refractivity contribution in [3.8, 4) is 11.5 Å². The van der Waals surface area contributed by atoms with Crippen LogP contribution in [0, 0.1) is 39.5 Å². The Morgan fingerprint density at radius 2 is 1.05 bits per heavy atom. The average Bonchev–Trinajstić information content (AvgIpc) is 3.61. The van der Waals surface area contributed by atoms with Crippen molar-refractivity contribution < 1.29 is 19.0 Å². The molecule has 2 fully saturated rings. The molecule has 2 N–H and O–H groups in total. The fourth-order valence-electron chi connectivity index (χ4n) is 10.2. The van der Waals surface area contributed by atoms with Gasteiger partial charge in [-0.1, -0.05) is 121 Å². The predicted octanol–water partition coefficient (Wildman–Crippen LogP) is 16.2. The van der Waals surface area contributed by atoms with Crippen molar-refractivity contribution >= 4 is 74.9 Å². The van der Waals surface area contributed by atoms with E-state index < -0.39 is 11.6 Å². The van der Waals surface area contributed by atoms with Gasteiger partial charge in [-0.15, -0.1) is 0 Å². The standard InChI is InChI=1S/C56H60Cl4N2O4/c1-33-17-21-41(45(25-33)61-31-37-13-9-7-10-14-37)43(39-19-23-47(64-5)35(3)27-39)29-56(50-49(55(63)66-56)51(57)53(59)54(60)52(50)58)30-44(40-20-24-48(65-6)36(4)28-40)42-22-18-34(2)26-46(42)62-32-38-15-11-8-12-16-38/h17-30,37-38,61-62H,7-16,31-32H2,1-6H3. The lowest BCUT2D eigenvalue weighted by atomic mass is 9.82. The van der Waals surface area contributed by atoms with E-state index in [2.05, 4.69) is 73.0 Å². The highest BCUT2D eigenvalue weighted by Crippen LogP contribution is 2.54. The summed E-state index contributed by atoms with van der Waals surface area (Å²) in [5.41, 5.74) is 9.95. The van der Waals surface area contributed by atoms with Gasteiger partial charge < -0.3 is 24.8 Å². The van der Waals surface area contributed by atoms with E-state index in [0.717, 1.165) is 91.6 Å². The van der Waals surface area contributed by atoms with Crippen LogP contribution in [0.1, 0.15) is 125 Å². The molecule has 2 aliphatic carbocycles. The van der Waals surface area contributed by atoms with Gasteiger partial charge in [0.05, 0.1) is 39.9 Å². The number of benzene rings is 5. The number of anilines is 2. The summed E-state index contributed by atoms with van der Waals surface area (Å²) >= 11 is 28.2. The average molecular weight is 967 g/mol. The van der Waals surface area contributed by atoms with Crippen LogP contribution in [0.15, 0.2) is 84.9 Å². The molecule has 6 nitrogen and oxygen atoms in total. The number of carbonyl (C=O) groups excluding carboxylic acids is 1. The van der Waals surface area contributed by atoms with Crippen molar-refractivity contribution in [2.45, 2.75) is 97.5 Å². The van der Waals surface area contributed by atoms with Gasteiger partial charge in [0.25, 0.3) is 0 Å². The number of halogens is 4. The van der Waals surface area contributed by atoms with Crippen LogP contribution in [0.4, 0.5) is 11.4 Å². The fourth-order valence-corrected chi connectivity index (χ4v) is 11.3. The second-order valence-electron chi connectivity index (χ2n) is 18.5. The summed E-state index contributed by atoms with van der Waals surface area (Å²) in [5.74, 6) is 1.98. The molecule has 0 spiro atoms. The Kier molecular flexibility index (Phi) is 15.0. The van der Waals surface area contributed by atoms with Crippen LogP contribution in [-0.2, 0) is 10.3 Å². The quantitative estimate of drug-likeness (QED) is 0.0657. The van der Waals surface area contributed by atoms with E-state index in [0.29, 0.717) is 17.4 Å². The van der Waals surface area contributed by atoms with E-state index in [1.54, 1.807) is 14.2 Å². The summed E-state index contributed by atoms with van der Waals surface area (Å²) in [5, 5.41) is 7.84. The predicted molar refractivity (Wildman–Crippen MR) is 276 cm³/mol. The van der Waals surface area contributed by atoms with Crippen LogP contribution in [-0.4, -0.2) is 33.3 Å². The molecule has 0 saturated heterocycles. The summed E-state index contributed by atoms with van der Waals surface area (Å²) < 4.78 is 18.4. The maximum absolute atomic E-state index is 14.7. The number of methoxy groups -OCH3 is 2. The van der Waals surface area contributed by atoms with Crippen LogP contribution in [0.3, 0.4) is 0 Å². The molecular weight excluding hydrogens is 906 g/mol. The molecule has 66 heavy (non-hydrogen) atoms. The lowest BCUT2D eigenvalue weighted by molar-refractivity contribution is 0.0300. The van der Waals surface area contributed by atoms with Crippen LogP contribution < -0.4 is 20.1 Å². The normalized spacial score (nSPS) is 18.2. The lowest BCUT2D eigenvalue weighted by Gasteiger charge is -2.29.